The SMILES string of the molecule is CCCc1nc2cc(F)ccc2cc1[C@H](C)N. The summed E-state index contributed by atoms with van der Waals surface area (Å²) in [6.45, 7) is 4.05. The zero-order valence-electron chi connectivity index (χ0n) is 10.2. The smallest absolute Gasteiger partial charge is 0.125 e. The first-order valence-corrected chi connectivity index (χ1v) is 5.96. The fourth-order valence-electron chi connectivity index (χ4n) is 2.03. The minimum Gasteiger partial charge on any atom is -0.324 e. The predicted octanol–water partition coefficient (Wildman–Crippen LogP) is 3.35. The van der Waals surface area contributed by atoms with Crippen molar-refractivity contribution in [3.05, 3.63) is 41.3 Å². The summed E-state index contributed by atoms with van der Waals surface area (Å²) in [5.41, 5.74) is 8.71. The molecule has 1 heterocycles. The Morgan fingerprint density at radius 3 is 2.76 bits per heavy atom. The third kappa shape index (κ3) is 2.44. The average molecular weight is 232 g/mol. The summed E-state index contributed by atoms with van der Waals surface area (Å²) in [5.74, 6) is -0.249. The van der Waals surface area contributed by atoms with Gasteiger partial charge < -0.3 is 5.73 Å². The molecular weight excluding hydrogens is 215 g/mol. The monoisotopic (exact) mass is 232 g/mol. The molecule has 0 amide bonds. The van der Waals surface area contributed by atoms with Crippen molar-refractivity contribution >= 4 is 10.9 Å². The Morgan fingerprint density at radius 2 is 2.12 bits per heavy atom. The molecule has 2 aromatic rings. The highest BCUT2D eigenvalue weighted by atomic mass is 19.1. The molecule has 0 saturated carbocycles. The molecule has 0 spiro atoms. The minimum absolute atomic E-state index is 0.0431. The van der Waals surface area contributed by atoms with Gasteiger partial charge in [-0.15, -0.1) is 0 Å². The molecular formula is C14H17FN2. The Kier molecular flexibility index (Phi) is 3.38. The van der Waals surface area contributed by atoms with Crippen molar-refractivity contribution in [2.24, 2.45) is 5.73 Å². The number of hydrogen-bond acceptors (Lipinski definition) is 2. The van der Waals surface area contributed by atoms with E-state index in [0.29, 0.717) is 5.52 Å². The number of halogens is 1. The van der Waals surface area contributed by atoms with Crippen molar-refractivity contribution in [1.82, 2.24) is 4.98 Å². The van der Waals surface area contributed by atoms with E-state index in [0.717, 1.165) is 29.5 Å². The Hall–Kier alpha value is -1.48. The third-order valence-corrected chi connectivity index (χ3v) is 2.87. The van der Waals surface area contributed by atoms with E-state index in [1.54, 1.807) is 6.07 Å². The highest BCUT2D eigenvalue weighted by molar-refractivity contribution is 5.79. The summed E-state index contributed by atoms with van der Waals surface area (Å²) in [7, 11) is 0. The molecule has 0 saturated heterocycles. The van der Waals surface area contributed by atoms with Gasteiger partial charge in [-0.25, -0.2) is 4.39 Å². The van der Waals surface area contributed by atoms with Crippen molar-refractivity contribution < 1.29 is 4.39 Å². The van der Waals surface area contributed by atoms with Crippen LogP contribution in [0.1, 0.15) is 37.6 Å². The summed E-state index contributed by atoms with van der Waals surface area (Å²) in [4.78, 5) is 4.53. The predicted molar refractivity (Wildman–Crippen MR) is 68.3 cm³/mol. The van der Waals surface area contributed by atoms with Gasteiger partial charge in [-0.2, -0.15) is 0 Å². The minimum atomic E-state index is -0.249. The molecule has 0 bridgehead atoms. The summed E-state index contributed by atoms with van der Waals surface area (Å²) in [6.07, 6.45) is 1.89. The number of hydrogen-bond donors (Lipinski definition) is 1. The first kappa shape index (κ1) is 12.0. The van der Waals surface area contributed by atoms with E-state index in [1.807, 2.05) is 13.0 Å². The number of aryl methyl sites for hydroxylation is 1. The van der Waals surface area contributed by atoms with E-state index in [-0.39, 0.29) is 11.9 Å². The molecule has 0 aliphatic carbocycles. The van der Waals surface area contributed by atoms with Crippen LogP contribution in [0.4, 0.5) is 4.39 Å². The second-order valence-electron chi connectivity index (χ2n) is 4.40. The zero-order valence-corrected chi connectivity index (χ0v) is 10.2. The largest absolute Gasteiger partial charge is 0.324 e. The average Bonchev–Trinajstić information content (AvgIpc) is 2.28. The topological polar surface area (TPSA) is 38.9 Å². The molecule has 1 aromatic carbocycles. The van der Waals surface area contributed by atoms with Crippen molar-refractivity contribution in [2.75, 3.05) is 0 Å². The molecule has 2 rings (SSSR count). The van der Waals surface area contributed by atoms with Gasteiger partial charge in [-0.1, -0.05) is 13.3 Å². The molecule has 3 heteroatoms. The standard InChI is InChI=1S/C14H17FN2/c1-3-4-13-12(9(2)16)7-10-5-6-11(15)8-14(10)17-13/h5-9H,3-4,16H2,1-2H3/t9-/m0/s1. The van der Waals surface area contributed by atoms with E-state index in [2.05, 4.69) is 11.9 Å². The van der Waals surface area contributed by atoms with Crippen LogP contribution in [0.5, 0.6) is 0 Å². The normalized spacial score (nSPS) is 12.9. The molecule has 0 radical (unpaired) electrons. The van der Waals surface area contributed by atoms with Crippen LogP contribution in [-0.4, -0.2) is 4.98 Å². The van der Waals surface area contributed by atoms with Gasteiger partial charge in [0.25, 0.3) is 0 Å². The molecule has 1 atom stereocenters. The van der Waals surface area contributed by atoms with Gasteiger partial charge in [0.15, 0.2) is 0 Å². The first-order valence-electron chi connectivity index (χ1n) is 5.96. The van der Waals surface area contributed by atoms with Crippen LogP contribution in [0.15, 0.2) is 24.3 Å². The van der Waals surface area contributed by atoms with E-state index in [9.17, 15) is 4.39 Å². The summed E-state index contributed by atoms with van der Waals surface area (Å²) >= 11 is 0. The van der Waals surface area contributed by atoms with Gasteiger partial charge in [-0.3, -0.25) is 4.98 Å². The van der Waals surface area contributed by atoms with Crippen molar-refractivity contribution in [1.29, 1.82) is 0 Å². The van der Waals surface area contributed by atoms with Gasteiger partial charge in [0.1, 0.15) is 5.82 Å². The van der Waals surface area contributed by atoms with Gasteiger partial charge in [0, 0.05) is 23.2 Å². The lowest BCUT2D eigenvalue weighted by Crippen LogP contribution is -2.10. The highest BCUT2D eigenvalue weighted by Gasteiger charge is 2.10. The Bertz CT molecular complexity index is 535. The van der Waals surface area contributed by atoms with Gasteiger partial charge >= 0.3 is 0 Å². The van der Waals surface area contributed by atoms with Crippen LogP contribution < -0.4 is 5.73 Å². The summed E-state index contributed by atoms with van der Waals surface area (Å²) in [6, 6.07) is 6.66. The van der Waals surface area contributed by atoms with Crippen LogP contribution in [0.25, 0.3) is 10.9 Å². The van der Waals surface area contributed by atoms with E-state index in [1.165, 1.54) is 12.1 Å². The van der Waals surface area contributed by atoms with Gasteiger partial charge in [0.2, 0.25) is 0 Å². The van der Waals surface area contributed by atoms with Crippen LogP contribution in [0, 0.1) is 5.82 Å². The molecule has 0 unspecified atom stereocenters. The van der Waals surface area contributed by atoms with Crippen LogP contribution in [0.3, 0.4) is 0 Å². The van der Waals surface area contributed by atoms with Gasteiger partial charge in [0.05, 0.1) is 5.52 Å². The molecule has 0 fully saturated rings. The number of fused-ring (bicyclic) bond motifs is 1. The Morgan fingerprint density at radius 1 is 1.35 bits per heavy atom. The maximum Gasteiger partial charge on any atom is 0.125 e. The summed E-state index contributed by atoms with van der Waals surface area (Å²) in [5, 5.41) is 0.943. The maximum atomic E-state index is 13.1. The summed E-state index contributed by atoms with van der Waals surface area (Å²) < 4.78 is 13.1. The molecule has 1 aromatic heterocycles. The number of aromatic nitrogens is 1. The fraction of sp³-hybridized carbons (Fsp3) is 0.357. The number of rotatable bonds is 3. The van der Waals surface area contributed by atoms with Crippen LogP contribution in [0.2, 0.25) is 0 Å². The Balaban J connectivity index is 2.63. The van der Waals surface area contributed by atoms with Gasteiger partial charge in [-0.05, 0) is 37.1 Å². The van der Waals surface area contributed by atoms with E-state index in [4.69, 9.17) is 5.73 Å². The van der Waals surface area contributed by atoms with Crippen molar-refractivity contribution in [3.8, 4) is 0 Å². The number of benzene rings is 1. The Labute approximate surface area is 101 Å². The number of pyridine rings is 1. The van der Waals surface area contributed by atoms with Crippen LogP contribution in [-0.2, 0) is 6.42 Å². The zero-order chi connectivity index (χ0) is 12.4. The van der Waals surface area contributed by atoms with Crippen LogP contribution >= 0.6 is 0 Å². The lowest BCUT2D eigenvalue weighted by molar-refractivity contribution is 0.629. The lowest BCUT2D eigenvalue weighted by atomic mass is 10.0. The molecule has 17 heavy (non-hydrogen) atoms. The lowest BCUT2D eigenvalue weighted by Gasteiger charge is -2.13. The van der Waals surface area contributed by atoms with Crippen molar-refractivity contribution in [3.63, 3.8) is 0 Å². The molecule has 2 N–H and O–H groups in total. The molecule has 2 nitrogen and oxygen atoms in total. The van der Waals surface area contributed by atoms with E-state index >= 15 is 0 Å². The first-order chi connectivity index (χ1) is 8.11. The quantitative estimate of drug-likeness (QED) is 0.881. The molecule has 0 aliphatic heterocycles. The maximum absolute atomic E-state index is 13.1. The highest BCUT2D eigenvalue weighted by Crippen LogP contribution is 2.22. The number of nitrogens with two attached hydrogens (primary N) is 1. The second kappa shape index (κ2) is 4.80. The number of nitrogens with zero attached hydrogens (tertiary/aromatic N) is 1. The second-order valence-corrected chi connectivity index (χ2v) is 4.40. The van der Waals surface area contributed by atoms with E-state index < -0.39 is 0 Å². The molecule has 90 valence electrons. The third-order valence-electron chi connectivity index (χ3n) is 2.87. The molecule has 0 aliphatic rings. The van der Waals surface area contributed by atoms with Crippen molar-refractivity contribution in [2.45, 2.75) is 32.7 Å². The fourth-order valence-corrected chi connectivity index (χ4v) is 2.03.